The lowest BCUT2D eigenvalue weighted by Crippen LogP contribution is -2.34. The molecule has 1 fully saturated rings. The average Bonchev–Trinajstić information content (AvgIpc) is 2.57. The Morgan fingerprint density at radius 2 is 1.96 bits per heavy atom. The third-order valence-electron chi connectivity index (χ3n) is 4.04. The molecule has 2 aromatic heterocycles. The summed E-state index contributed by atoms with van der Waals surface area (Å²) in [6.07, 6.45) is -0.279. The number of hydrogen-bond acceptors (Lipinski definition) is 3. The zero-order valence-electron chi connectivity index (χ0n) is 12.5. The molecule has 1 saturated heterocycles. The van der Waals surface area contributed by atoms with E-state index in [4.69, 9.17) is 23.2 Å². The SMILES string of the molecule is FC(F)(F)c1cc(N2CCCCC2c2ccccn2)nc(Cl)c1Cl. The van der Waals surface area contributed by atoms with Crippen molar-refractivity contribution < 1.29 is 13.2 Å². The Hall–Kier alpha value is -1.53. The molecule has 128 valence electrons. The highest BCUT2D eigenvalue weighted by Gasteiger charge is 2.36. The van der Waals surface area contributed by atoms with Crippen molar-refractivity contribution >= 4 is 29.0 Å². The molecule has 24 heavy (non-hydrogen) atoms. The van der Waals surface area contributed by atoms with Gasteiger partial charge in [0.2, 0.25) is 0 Å². The van der Waals surface area contributed by atoms with Crippen molar-refractivity contribution in [3.8, 4) is 0 Å². The lowest BCUT2D eigenvalue weighted by molar-refractivity contribution is -0.137. The maximum Gasteiger partial charge on any atom is 0.418 e. The highest BCUT2D eigenvalue weighted by atomic mass is 35.5. The molecule has 0 aliphatic carbocycles. The summed E-state index contributed by atoms with van der Waals surface area (Å²) < 4.78 is 39.6. The molecule has 3 rings (SSSR count). The van der Waals surface area contributed by atoms with Gasteiger partial charge >= 0.3 is 6.18 Å². The minimum absolute atomic E-state index is 0.134. The van der Waals surface area contributed by atoms with Crippen LogP contribution in [-0.2, 0) is 6.18 Å². The Labute approximate surface area is 147 Å². The first kappa shape index (κ1) is 17.3. The topological polar surface area (TPSA) is 29.0 Å². The highest BCUT2D eigenvalue weighted by molar-refractivity contribution is 6.41. The smallest absolute Gasteiger partial charge is 0.348 e. The summed E-state index contributed by atoms with van der Waals surface area (Å²) in [5.74, 6) is 0.173. The number of pyridine rings is 2. The van der Waals surface area contributed by atoms with Crippen molar-refractivity contribution in [2.45, 2.75) is 31.5 Å². The largest absolute Gasteiger partial charge is 0.418 e. The van der Waals surface area contributed by atoms with Gasteiger partial charge in [-0.2, -0.15) is 13.2 Å². The number of alkyl halides is 3. The van der Waals surface area contributed by atoms with Crippen molar-refractivity contribution in [3.05, 3.63) is 51.9 Å². The van der Waals surface area contributed by atoms with Gasteiger partial charge in [-0.3, -0.25) is 4.98 Å². The molecule has 1 aliphatic heterocycles. The number of aromatic nitrogens is 2. The molecule has 0 N–H and O–H groups in total. The van der Waals surface area contributed by atoms with E-state index in [-0.39, 0.29) is 17.0 Å². The van der Waals surface area contributed by atoms with E-state index < -0.39 is 16.8 Å². The van der Waals surface area contributed by atoms with Gasteiger partial charge in [0.25, 0.3) is 0 Å². The van der Waals surface area contributed by atoms with Gasteiger partial charge in [0.1, 0.15) is 5.82 Å². The summed E-state index contributed by atoms with van der Waals surface area (Å²) in [7, 11) is 0. The van der Waals surface area contributed by atoms with E-state index >= 15 is 0 Å². The van der Waals surface area contributed by atoms with E-state index in [0.29, 0.717) is 6.54 Å². The monoisotopic (exact) mass is 375 g/mol. The molecule has 0 aromatic carbocycles. The van der Waals surface area contributed by atoms with Crippen LogP contribution in [0.5, 0.6) is 0 Å². The van der Waals surface area contributed by atoms with Crippen LogP contribution in [0.2, 0.25) is 10.2 Å². The Bertz CT molecular complexity index is 722. The molecule has 1 atom stereocenters. The van der Waals surface area contributed by atoms with Gasteiger partial charge < -0.3 is 4.90 Å². The molecule has 0 spiro atoms. The molecular weight excluding hydrogens is 362 g/mol. The van der Waals surface area contributed by atoms with Crippen molar-refractivity contribution in [3.63, 3.8) is 0 Å². The zero-order chi connectivity index (χ0) is 17.3. The van der Waals surface area contributed by atoms with E-state index in [1.54, 1.807) is 12.3 Å². The van der Waals surface area contributed by atoms with Crippen LogP contribution < -0.4 is 4.90 Å². The minimum Gasteiger partial charge on any atom is -0.348 e. The molecule has 0 bridgehead atoms. The molecule has 0 saturated carbocycles. The molecule has 1 aliphatic rings. The summed E-state index contributed by atoms with van der Waals surface area (Å²) in [5.41, 5.74) is -0.164. The summed E-state index contributed by atoms with van der Waals surface area (Å²) in [6, 6.07) is 6.36. The van der Waals surface area contributed by atoms with Crippen molar-refractivity contribution in [1.82, 2.24) is 9.97 Å². The molecule has 8 heteroatoms. The molecule has 1 unspecified atom stereocenters. The number of halogens is 5. The van der Waals surface area contributed by atoms with Crippen LogP contribution in [0.3, 0.4) is 0 Å². The summed E-state index contributed by atoms with van der Waals surface area (Å²) in [4.78, 5) is 10.2. The van der Waals surface area contributed by atoms with E-state index in [2.05, 4.69) is 9.97 Å². The quantitative estimate of drug-likeness (QED) is 0.645. The first-order valence-corrected chi connectivity index (χ1v) is 8.24. The molecule has 3 heterocycles. The normalized spacial score (nSPS) is 18.7. The maximum absolute atomic E-state index is 13.2. The summed E-state index contributed by atoms with van der Waals surface area (Å²) >= 11 is 11.5. The van der Waals surface area contributed by atoms with E-state index in [9.17, 15) is 13.2 Å². The summed E-state index contributed by atoms with van der Waals surface area (Å²) in [6.45, 7) is 0.587. The van der Waals surface area contributed by atoms with Gasteiger partial charge in [-0.1, -0.05) is 29.3 Å². The van der Waals surface area contributed by atoms with E-state index in [1.165, 1.54) is 0 Å². The fraction of sp³-hybridized carbons (Fsp3) is 0.375. The van der Waals surface area contributed by atoms with Gasteiger partial charge in [-0.15, -0.1) is 0 Å². The van der Waals surface area contributed by atoms with Crippen LogP contribution in [-0.4, -0.2) is 16.5 Å². The minimum atomic E-state index is -4.59. The number of anilines is 1. The second kappa shape index (κ2) is 6.76. The Balaban J connectivity index is 2.04. The summed E-state index contributed by atoms with van der Waals surface area (Å²) in [5, 5.41) is -0.911. The first-order valence-electron chi connectivity index (χ1n) is 7.48. The molecule has 0 radical (unpaired) electrons. The Morgan fingerprint density at radius 1 is 1.17 bits per heavy atom. The first-order chi connectivity index (χ1) is 11.4. The number of rotatable bonds is 2. The van der Waals surface area contributed by atoms with Crippen LogP contribution in [0.15, 0.2) is 30.5 Å². The maximum atomic E-state index is 13.2. The van der Waals surface area contributed by atoms with Crippen LogP contribution in [0, 0.1) is 0 Å². The molecule has 3 nitrogen and oxygen atoms in total. The van der Waals surface area contributed by atoms with Gasteiger partial charge in [-0.25, -0.2) is 4.98 Å². The zero-order valence-corrected chi connectivity index (χ0v) is 14.0. The van der Waals surface area contributed by atoms with Crippen LogP contribution in [0.4, 0.5) is 19.0 Å². The van der Waals surface area contributed by atoms with E-state index in [0.717, 1.165) is 31.0 Å². The van der Waals surface area contributed by atoms with Gasteiger partial charge in [0.15, 0.2) is 5.15 Å². The second-order valence-electron chi connectivity index (χ2n) is 5.59. The number of hydrogen-bond donors (Lipinski definition) is 0. The van der Waals surface area contributed by atoms with Crippen molar-refractivity contribution in [1.29, 1.82) is 0 Å². The predicted octanol–water partition coefficient (Wildman–Crippen LogP) is 5.53. The predicted molar refractivity (Wildman–Crippen MR) is 87.4 cm³/mol. The molecule has 2 aromatic rings. The van der Waals surface area contributed by atoms with Gasteiger partial charge in [0, 0.05) is 12.7 Å². The molecular formula is C16H14Cl2F3N3. The van der Waals surface area contributed by atoms with Crippen molar-refractivity contribution in [2.75, 3.05) is 11.4 Å². The number of piperidine rings is 1. The average molecular weight is 376 g/mol. The van der Waals surface area contributed by atoms with Crippen molar-refractivity contribution in [2.24, 2.45) is 0 Å². The third-order valence-corrected chi connectivity index (χ3v) is 4.79. The molecule has 0 amide bonds. The standard InChI is InChI=1S/C16H14Cl2F3N3/c17-14-10(16(19,20)21)9-13(23-15(14)18)24-8-4-2-6-12(24)11-5-1-3-7-22-11/h1,3,5,7,9,12H,2,4,6,8H2. The number of nitrogens with zero attached hydrogens (tertiary/aromatic N) is 3. The third kappa shape index (κ3) is 3.44. The van der Waals surface area contributed by atoms with Gasteiger partial charge in [0.05, 0.1) is 22.3 Å². The lowest BCUT2D eigenvalue weighted by atomic mass is 9.98. The Morgan fingerprint density at radius 3 is 2.62 bits per heavy atom. The van der Waals surface area contributed by atoms with Crippen LogP contribution in [0.25, 0.3) is 0 Å². The Kier molecular flexibility index (Phi) is 4.88. The highest BCUT2D eigenvalue weighted by Crippen LogP contribution is 2.41. The van der Waals surface area contributed by atoms with Crippen LogP contribution >= 0.6 is 23.2 Å². The fourth-order valence-electron chi connectivity index (χ4n) is 2.93. The lowest BCUT2D eigenvalue weighted by Gasteiger charge is -2.36. The fourth-order valence-corrected chi connectivity index (χ4v) is 3.32. The van der Waals surface area contributed by atoms with E-state index in [1.807, 2.05) is 17.0 Å². The second-order valence-corrected chi connectivity index (χ2v) is 6.33. The van der Waals surface area contributed by atoms with Gasteiger partial charge in [-0.05, 0) is 37.5 Å². The van der Waals surface area contributed by atoms with Crippen LogP contribution in [0.1, 0.15) is 36.6 Å².